The number of benzene rings is 1. The molecule has 0 heterocycles. The third-order valence-electron chi connectivity index (χ3n) is 2.64. The standard InChI is InChI=1S/C14H22BrN/c1-14(2,3)10-13(16-4)9-11-6-5-7-12(15)8-11/h5-8,13,16H,9-10H2,1-4H3. The van der Waals surface area contributed by atoms with Crippen molar-refractivity contribution in [2.45, 2.75) is 39.7 Å². The van der Waals surface area contributed by atoms with Crippen LogP contribution in [0.2, 0.25) is 0 Å². The molecule has 0 saturated heterocycles. The highest BCUT2D eigenvalue weighted by molar-refractivity contribution is 9.10. The van der Waals surface area contributed by atoms with Crippen LogP contribution < -0.4 is 5.32 Å². The van der Waals surface area contributed by atoms with E-state index in [0.717, 1.165) is 10.9 Å². The molecular weight excluding hydrogens is 262 g/mol. The number of nitrogens with one attached hydrogen (secondary N) is 1. The second kappa shape index (κ2) is 5.83. The zero-order valence-electron chi connectivity index (χ0n) is 10.7. The van der Waals surface area contributed by atoms with E-state index in [9.17, 15) is 0 Å². The van der Waals surface area contributed by atoms with E-state index >= 15 is 0 Å². The van der Waals surface area contributed by atoms with Crippen LogP contribution in [0.3, 0.4) is 0 Å². The highest BCUT2D eigenvalue weighted by Gasteiger charge is 2.17. The van der Waals surface area contributed by atoms with Gasteiger partial charge in [-0.1, -0.05) is 48.8 Å². The van der Waals surface area contributed by atoms with E-state index in [1.807, 2.05) is 7.05 Å². The first-order chi connectivity index (χ1) is 7.40. The Hall–Kier alpha value is -0.340. The monoisotopic (exact) mass is 283 g/mol. The summed E-state index contributed by atoms with van der Waals surface area (Å²) in [5, 5.41) is 3.41. The lowest BCUT2D eigenvalue weighted by atomic mass is 9.86. The molecule has 0 spiro atoms. The molecule has 1 aromatic carbocycles. The summed E-state index contributed by atoms with van der Waals surface area (Å²) in [6, 6.07) is 9.12. The summed E-state index contributed by atoms with van der Waals surface area (Å²) in [7, 11) is 2.05. The maximum Gasteiger partial charge on any atom is 0.0178 e. The highest BCUT2D eigenvalue weighted by Crippen LogP contribution is 2.23. The van der Waals surface area contributed by atoms with Crippen molar-refractivity contribution >= 4 is 15.9 Å². The van der Waals surface area contributed by atoms with E-state index in [1.165, 1.54) is 12.0 Å². The summed E-state index contributed by atoms with van der Waals surface area (Å²) in [4.78, 5) is 0. The summed E-state index contributed by atoms with van der Waals surface area (Å²) in [5.74, 6) is 0. The second-order valence-electron chi connectivity index (χ2n) is 5.58. The predicted molar refractivity (Wildman–Crippen MR) is 74.8 cm³/mol. The van der Waals surface area contributed by atoms with Crippen LogP contribution in [-0.4, -0.2) is 13.1 Å². The number of halogens is 1. The molecule has 0 amide bonds. The normalized spacial score (nSPS) is 13.8. The van der Waals surface area contributed by atoms with Crippen LogP contribution >= 0.6 is 15.9 Å². The largest absolute Gasteiger partial charge is 0.317 e. The molecule has 0 radical (unpaired) electrons. The Morgan fingerprint density at radius 3 is 2.50 bits per heavy atom. The summed E-state index contributed by atoms with van der Waals surface area (Å²) < 4.78 is 1.16. The number of rotatable bonds is 4. The lowest BCUT2D eigenvalue weighted by molar-refractivity contribution is 0.316. The minimum Gasteiger partial charge on any atom is -0.317 e. The molecule has 1 nitrogen and oxygen atoms in total. The molecule has 0 aromatic heterocycles. The summed E-state index contributed by atoms with van der Waals surface area (Å²) >= 11 is 3.51. The zero-order valence-corrected chi connectivity index (χ0v) is 12.3. The molecule has 2 heteroatoms. The van der Waals surface area contributed by atoms with Crippen molar-refractivity contribution in [1.29, 1.82) is 0 Å². The minimum atomic E-state index is 0.375. The van der Waals surface area contributed by atoms with Gasteiger partial charge in [-0.25, -0.2) is 0 Å². The Labute approximate surface area is 108 Å². The first-order valence-corrected chi connectivity index (χ1v) is 6.62. The van der Waals surface area contributed by atoms with Crippen LogP contribution in [0.5, 0.6) is 0 Å². The van der Waals surface area contributed by atoms with E-state index < -0.39 is 0 Å². The molecular formula is C14H22BrN. The van der Waals surface area contributed by atoms with Crippen molar-refractivity contribution < 1.29 is 0 Å². The predicted octanol–water partition coefficient (Wildman–Crippen LogP) is 4.02. The second-order valence-corrected chi connectivity index (χ2v) is 6.50. The van der Waals surface area contributed by atoms with E-state index in [0.29, 0.717) is 11.5 Å². The van der Waals surface area contributed by atoms with Gasteiger partial charge in [0.1, 0.15) is 0 Å². The zero-order chi connectivity index (χ0) is 12.2. The third kappa shape index (κ3) is 5.13. The van der Waals surface area contributed by atoms with E-state index in [-0.39, 0.29) is 0 Å². The van der Waals surface area contributed by atoms with Gasteiger partial charge in [-0.2, -0.15) is 0 Å². The maximum absolute atomic E-state index is 3.51. The Bertz CT molecular complexity index is 328. The van der Waals surface area contributed by atoms with Gasteiger partial charge in [0.25, 0.3) is 0 Å². The van der Waals surface area contributed by atoms with Crippen LogP contribution in [0.4, 0.5) is 0 Å². The van der Waals surface area contributed by atoms with Crippen LogP contribution in [0.25, 0.3) is 0 Å². The topological polar surface area (TPSA) is 12.0 Å². The molecule has 0 bridgehead atoms. The van der Waals surface area contributed by atoms with Gasteiger partial charge in [0.15, 0.2) is 0 Å². The molecule has 90 valence electrons. The van der Waals surface area contributed by atoms with Gasteiger partial charge in [0.05, 0.1) is 0 Å². The number of hydrogen-bond donors (Lipinski definition) is 1. The molecule has 0 aliphatic heterocycles. The molecule has 16 heavy (non-hydrogen) atoms. The van der Waals surface area contributed by atoms with Crippen LogP contribution in [0, 0.1) is 5.41 Å². The Morgan fingerprint density at radius 2 is 2.00 bits per heavy atom. The molecule has 1 aromatic rings. The average molecular weight is 284 g/mol. The van der Waals surface area contributed by atoms with Gasteiger partial charge in [0, 0.05) is 10.5 Å². The third-order valence-corrected chi connectivity index (χ3v) is 3.13. The lowest BCUT2D eigenvalue weighted by Gasteiger charge is -2.25. The average Bonchev–Trinajstić information content (AvgIpc) is 2.14. The molecule has 1 atom stereocenters. The van der Waals surface area contributed by atoms with Gasteiger partial charge in [0.2, 0.25) is 0 Å². The minimum absolute atomic E-state index is 0.375. The first-order valence-electron chi connectivity index (χ1n) is 5.82. The van der Waals surface area contributed by atoms with Gasteiger partial charge in [-0.15, -0.1) is 0 Å². The van der Waals surface area contributed by atoms with E-state index in [2.05, 4.69) is 66.3 Å². The van der Waals surface area contributed by atoms with Crippen molar-refractivity contribution in [2.75, 3.05) is 7.05 Å². The molecule has 1 N–H and O–H groups in total. The van der Waals surface area contributed by atoms with Gasteiger partial charge in [-0.3, -0.25) is 0 Å². The highest BCUT2D eigenvalue weighted by atomic mass is 79.9. The number of hydrogen-bond acceptors (Lipinski definition) is 1. The quantitative estimate of drug-likeness (QED) is 0.880. The van der Waals surface area contributed by atoms with Gasteiger partial charge >= 0.3 is 0 Å². The number of likely N-dealkylation sites (N-methyl/N-ethyl adjacent to an activating group) is 1. The summed E-state index contributed by atoms with van der Waals surface area (Å²) in [5.41, 5.74) is 1.76. The smallest absolute Gasteiger partial charge is 0.0178 e. The first kappa shape index (κ1) is 13.7. The fraction of sp³-hybridized carbons (Fsp3) is 0.571. The molecule has 1 unspecified atom stereocenters. The van der Waals surface area contributed by atoms with Crippen molar-refractivity contribution in [3.05, 3.63) is 34.3 Å². The fourth-order valence-electron chi connectivity index (χ4n) is 1.96. The SMILES string of the molecule is CNC(Cc1cccc(Br)c1)CC(C)(C)C. The Kier molecular flexibility index (Phi) is 5.00. The molecule has 0 aliphatic rings. The van der Waals surface area contributed by atoms with Gasteiger partial charge in [-0.05, 0) is 43.0 Å². The van der Waals surface area contributed by atoms with Crippen LogP contribution in [-0.2, 0) is 6.42 Å². The molecule has 0 fully saturated rings. The molecule has 0 saturated carbocycles. The Balaban J connectivity index is 2.63. The maximum atomic E-state index is 3.51. The summed E-state index contributed by atoms with van der Waals surface area (Å²) in [6.07, 6.45) is 2.28. The van der Waals surface area contributed by atoms with Crippen molar-refractivity contribution in [3.63, 3.8) is 0 Å². The lowest BCUT2D eigenvalue weighted by Crippen LogP contribution is -2.32. The van der Waals surface area contributed by atoms with Gasteiger partial charge < -0.3 is 5.32 Å². The molecule has 0 aliphatic carbocycles. The Morgan fingerprint density at radius 1 is 1.31 bits per heavy atom. The van der Waals surface area contributed by atoms with Crippen molar-refractivity contribution in [2.24, 2.45) is 5.41 Å². The van der Waals surface area contributed by atoms with Crippen LogP contribution in [0.1, 0.15) is 32.8 Å². The fourth-order valence-corrected chi connectivity index (χ4v) is 2.41. The van der Waals surface area contributed by atoms with E-state index in [1.54, 1.807) is 0 Å². The summed E-state index contributed by atoms with van der Waals surface area (Å²) in [6.45, 7) is 6.87. The van der Waals surface area contributed by atoms with Crippen molar-refractivity contribution in [1.82, 2.24) is 5.32 Å². The molecule has 1 rings (SSSR count). The van der Waals surface area contributed by atoms with E-state index in [4.69, 9.17) is 0 Å². The van der Waals surface area contributed by atoms with Crippen molar-refractivity contribution in [3.8, 4) is 0 Å². The van der Waals surface area contributed by atoms with Crippen LogP contribution in [0.15, 0.2) is 28.7 Å².